The SMILES string of the molecule is C#Cc1cc(C=O)cc(CN2CCN(C(=O)c3cccnc3-c3cnn(C)c3)[C@H](C)C2)c1. The fourth-order valence-electron chi connectivity index (χ4n) is 4.20. The Balaban J connectivity index is 1.49. The highest BCUT2D eigenvalue weighted by molar-refractivity contribution is 6.00. The minimum atomic E-state index is -0.0262. The van der Waals surface area contributed by atoms with Gasteiger partial charge >= 0.3 is 0 Å². The van der Waals surface area contributed by atoms with Gasteiger partial charge in [0.2, 0.25) is 0 Å². The second-order valence-electron chi connectivity index (χ2n) is 8.11. The van der Waals surface area contributed by atoms with Crippen LogP contribution >= 0.6 is 0 Å². The number of hydrogen-bond donors (Lipinski definition) is 0. The molecule has 0 unspecified atom stereocenters. The van der Waals surface area contributed by atoms with Gasteiger partial charge in [-0.25, -0.2) is 0 Å². The van der Waals surface area contributed by atoms with Crippen LogP contribution in [0.2, 0.25) is 0 Å². The lowest BCUT2D eigenvalue weighted by atomic mass is 10.0. The number of piperazine rings is 1. The van der Waals surface area contributed by atoms with Gasteiger partial charge in [-0.1, -0.05) is 5.92 Å². The minimum absolute atomic E-state index is 0.0262. The molecule has 4 rings (SSSR count). The molecule has 1 aromatic carbocycles. The van der Waals surface area contributed by atoms with Crippen LogP contribution in [-0.4, -0.2) is 62.4 Å². The molecule has 3 heterocycles. The molecule has 1 saturated heterocycles. The summed E-state index contributed by atoms with van der Waals surface area (Å²) in [5.74, 6) is 2.58. The number of carbonyl (C=O) groups is 2. The topological polar surface area (TPSA) is 71.3 Å². The van der Waals surface area contributed by atoms with E-state index in [4.69, 9.17) is 6.42 Å². The molecular formula is C25H25N5O2. The van der Waals surface area contributed by atoms with Crippen LogP contribution in [0, 0.1) is 12.3 Å². The molecule has 0 saturated carbocycles. The predicted octanol–water partition coefficient (Wildman–Crippen LogP) is 2.62. The van der Waals surface area contributed by atoms with Crippen LogP contribution in [0.3, 0.4) is 0 Å². The van der Waals surface area contributed by atoms with Crippen molar-refractivity contribution in [2.24, 2.45) is 7.05 Å². The highest BCUT2D eigenvalue weighted by Gasteiger charge is 2.30. The van der Waals surface area contributed by atoms with Gasteiger partial charge in [-0.05, 0) is 42.8 Å². The van der Waals surface area contributed by atoms with E-state index in [1.54, 1.807) is 29.2 Å². The van der Waals surface area contributed by atoms with E-state index in [1.165, 1.54) is 0 Å². The summed E-state index contributed by atoms with van der Waals surface area (Å²) < 4.78 is 1.70. The van der Waals surface area contributed by atoms with Crippen LogP contribution in [0.15, 0.2) is 48.9 Å². The Bertz CT molecular complexity index is 1190. The molecule has 0 N–H and O–H groups in total. The monoisotopic (exact) mass is 427 g/mol. The van der Waals surface area contributed by atoms with Crippen molar-refractivity contribution in [2.45, 2.75) is 19.5 Å². The Morgan fingerprint density at radius 2 is 2.16 bits per heavy atom. The number of rotatable bonds is 5. The number of benzene rings is 1. The van der Waals surface area contributed by atoms with E-state index >= 15 is 0 Å². The van der Waals surface area contributed by atoms with Crippen LogP contribution < -0.4 is 0 Å². The number of amides is 1. The van der Waals surface area contributed by atoms with Crippen molar-refractivity contribution in [3.05, 3.63) is 71.2 Å². The van der Waals surface area contributed by atoms with E-state index in [0.717, 1.165) is 30.5 Å². The van der Waals surface area contributed by atoms with E-state index < -0.39 is 0 Å². The number of aromatic nitrogens is 3. The van der Waals surface area contributed by atoms with Gasteiger partial charge in [0.25, 0.3) is 5.91 Å². The zero-order valence-electron chi connectivity index (χ0n) is 18.2. The van der Waals surface area contributed by atoms with Gasteiger partial charge in [-0.2, -0.15) is 5.10 Å². The summed E-state index contributed by atoms with van der Waals surface area (Å²) in [7, 11) is 1.84. The predicted molar refractivity (Wildman–Crippen MR) is 122 cm³/mol. The first-order valence-corrected chi connectivity index (χ1v) is 10.5. The normalized spacial score (nSPS) is 16.5. The van der Waals surface area contributed by atoms with Gasteiger partial charge in [0, 0.05) is 68.4 Å². The number of aldehydes is 1. The van der Waals surface area contributed by atoms with Gasteiger partial charge in [0.1, 0.15) is 6.29 Å². The van der Waals surface area contributed by atoms with Crippen molar-refractivity contribution in [2.75, 3.05) is 19.6 Å². The third-order valence-corrected chi connectivity index (χ3v) is 5.71. The van der Waals surface area contributed by atoms with Gasteiger partial charge < -0.3 is 4.90 Å². The molecule has 0 aliphatic carbocycles. The van der Waals surface area contributed by atoms with E-state index in [9.17, 15) is 9.59 Å². The maximum absolute atomic E-state index is 13.4. The lowest BCUT2D eigenvalue weighted by molar-refractivity contribution is 0.0476. The molecular weight excluding hydrogens is 402 g/mol. The summed E-state index contributed by atoms with van der Waals surface area (Å²) in [4.78, 5) is 33.3. The van der Waals surface area contributed by atoms with E-state index in [1.807, 2.05) is 36.3 Å². The van der Waals surface area contributed by atoms with E-state index in [-0.39, 0.29) is 11.9 Å². The first-order valence-electron chi connectivity index (χ1n) is 10.5. The fourth-order valence-corrected chi connectivity index (χ4v) is 4.20. The maximum atomic E-state index is 13.4. The number of nitrogens with zero attached hydrogens (tertiary/aromatic N) is 5. The summed E-state index contributed by atoms with van der Waals surface area (Å²) in [6.45, 7) is 4.80. The van der Waals surface area contributed by atoms with Crippen LogP contribution in [-0.2, 0) is 13.6 Å². The van der Waals surface area contributed by atoms with E-state index in [0.29, 0.717) is 35.5 Å². The molecule has 7 heteroatoms. The van der Waals surface area contributed by atoms with Crippen LogP contribution in [0.1, 0.15) is 38.8 Å². The molecule has 1 aliphatic rings. The molecule has 1 aliphatic heterocycles. The average molecular weight is 428 g/mol. The molecule has 0 radical (unpaired) electrons. The first-order chi connectivity index (χ1) is 15.5. The second kappa shape index (κ2) is 9.16. The van der Waals surface area contributed by atoms with Crippen LogP contribution in [0.25, 0.3) is 11.3 Å². The molecule has 3 aromatic rings. The zero-order valence-corrected chi connectivity index (χ0v) is 18.2. The summed E-state index contributed by atoms with van der Waals surface area (Å²) in [5.41, 5.74) is 4.33. The minimum Gasteiger partial charge on any atom is -0.333 e. The fraction of sp³-hybridized carbons (Fsp3) is 0.280. The Morgan fingerprint density at radius 3 is 2.84 bits per heavy atom. The van der Waals surface area contributed by atoms with Crippen LogP contribution in [0.5, 0.6) is 0 Å². The lowest BCUT2D eigenvalue weighted by Gasteiger charge is -2.40. The molecule has 162 valence electrons. The Labute approximate surface area is 187 Å². The largest absolute Gasteiger partial charge is 0.333 e. The standard InChI is InChI=1S/C25H25N5O2/c1-4-19-10-20(12-21(11-19)17-31)15-29-8-9-30(18(2)14-29)25(32)23-6-5-7-26-24(23)22-13-27-28(3)16-22/h1,5-7,10-13,16-18H,8-9,14-15H2,2-3H3/t18-/m1/s1. The number of terminal acetylenes is 1. The maximum Gasteiger partial charge on any atom is 0.256 e. The molecule has 1 fully saturated rings. The first kappa shape index (κ1) is 21.5. The van der Waals surface area contributed by atoms with Gasteiger partial charge in [0.15, 0.2) is 0 Å². The van der Waals surface area contributed by atoms with Crippen molar-refractivity contribution in [3.8, 4) is 23.6 Å². The number of carbonyl (C=O) groups excluding carboxylic acids is 2. The smallest absolute Gasteiger partial charge is 0.256 e. The van der Waals surface area contributed by atoms with Crippen LogP contribution in [0.4, 0.5) is 0 Å². The molecule has 7 nitrogen and oxygen atoms in total. The third kappa shape index (κ3) is 4.46. The Morgan fingerprint density at radius 1 is 1.31 bits per heavy atom. The van der Waals surface area contributed by atoms with Crippen molar-refractivity contribution in [1.82, 2.24) is 24.6 Å². The van der Waals surface area contributed by atoms with Crippen molar-refractivity contribution in [1.29, 1.82) is 0 Å². The lowest BCUT2D eigenvalue weighted by Crippen LogP contribution is -2.53. The summed E-state index contributed by atoms with van der Waals surface area (Å²) in [5, 5.41) is 4.21. The average Bonchev–Trinajstić information content (AvgIpc) is 3.24. The summed E-state index contributed by atoms with van der Waals surface area (Å²) in [6.07, 6.45) is 11.6. The molecule has 1 amide bonds. The van der Waals surface area contributed by atoms with Crippen molar-refractivity contribution < 1.29 is 9.59 Å². The molecule has 0 bridgehead atoms. The summed E-state index contributed by atoms with van der Waals surface area (Å²) >= 11 is 0. The number of hydrogen-bond acceptors (Lipinski definition) is 5. The van der Waals surface area contributed by atoms with Gasteiger partial charge in [0.05, 0.1) is 17.5 Å². The van der Waals surface area contributed by atoms with Gasteiger partial charge in [-0.15, -0.1) is 6.42 Å². The molecule has 1 atom stereocenters. The highest BCUT2D eigenvalue weighted by atomic mass is 16.2. The number of aryl methyl sites for hydroxylation is 1. The van der Waals surface area contributed by atoms with Crippen molar-refractivity contribution >= 4 is 12.2 Å². The molecule has 0 spiro atoms. The highest BCUT2D eigenvalue weighted by Crippen LogP contribution is 2.24. The zero-order chi connectivity index (χ0) is 22.7. The third-order valence-electron chi connectivity index (χ3n) is 5.71. The quantitative estimate of drug-likeness (QED) is 0.462. The molecule has 2 aromatic heterocycles. The Kier molecular flexibility index (Phi) is 6.15. The van der Waals surface area contributed by atoms with Crippen molar-refractivity contribution in [3.63, 3.8) is 0 Å². The second-order valence-corrected chi connectivity index (χ2v) is 8.11. The van der Waals surface area contributed by atoms with E-state index in [2.05, 4.69) is 27.8 Å². The van der Waals surface area contributed by atoms with Gasteiger partial charge in [-0.3, -0.25) is 24.2 Å². The number of pyridine rings is 1. The summed E-state index contributed by atoms with van der Waals surface area (Å²) in [6, 6.07) is 9.15. The molecule has 32 heavy (non-hydrogen) atoms. The Hall–Kier alpha value is -3.76.